The Morgan fingerprint density at radius 2 is 2.05 bits per heavy atom. The largest absolute Gasteiger partial charge is 0.464 e. The number of ether oxygens (including phenoxy) is 1. The quantitative estimate of drug-likeness (QED) is 0.806. The highest BCUT2D eigenvalue weighted by Gasteiger charge is 2.51. The molecule has 1 amide bonds. The number of halogens is 3. The third kappa shape index (κ3) is 2.80. The van der Waals surface area contributed by atoms with E-state index in [9.17, 15) is 22.8 Å². The summed E-state index contributed by atoms with van der Waals surface area (Å²) < 4.78 is 43.1. The molecule has 0 aromatic heterocycles. The second kappa shape index (κ2) is 5.62. The van der Waals surface area contributed by atoms with Gasteiger partial charge in [-0.2, -0.15) is 13.2 Å². The van der Waals surface area contributed by atoms with Gasteiger partial charge in [0.2, 0.25) is 0 Å². The first kappa shape index (κ1) is 16.3. The Bertz CT molecular complexity index is 600. The summed E-state index contributed by atoms with van der Waals surface area (Å²) in [6.07, 6.45) is -4.09. The predicted molar refractivity (Wildman–Crippen MR) is 72.1 cm³/mol. The molecular weight excluding hydrogens is 299 g/mol. The highest BCUT2D eigenvalue weighted by molar-refractivity contribution is 5.99. The van der Waals surface area contributed by atoms with Crippen LogP contribution >= 0.6 is 0 Å². The standard InChI is InChI=1S/C15H16F3NO3/c1-3-22-13(21)14(2)7-8-19(14)12(20)10-5-4-6-11(9-10)15(16,17)18/h4-6,9H,3,7-8H2,1-2H3. The number of carbonyl (C=O) groups is 2. The summed E-state index contributed by atoms with van der Waals surface area (Å²) in [4.78, 5) is 25.6. The molecule has 22 heavy (non-hydrogen) atoms. The minimum absolute atomic E-state index is 0.0925. The van der Waals surface area contributed by atoms with Crippen LogP contribution in [0.1, 0.15) is 36.2 Å². The predicted octanol–water partition coefficient (Wildman–Crippen LogP) is 2.87. The molecule has 0 N–H and O–H groups in total. The van der Waals surface area contributed by atoms with Crippen LogP contribution in [0.4, 0.5) is 13.2 Å². The third-order valence-electron chi connectivity index (χ3n) is 3.82. The molecule has 0 saturated carbocycles. The lowest BCUT2D eigenvalue weighted by atomic mass is 9.85. The van der Waals surface area contributed by atoms with Gasteiger partial charge in [0.05, 0.1) is 12.2 Å². The van der Waals surface area contributed by atoms with Gasteiger partial charge in [0.25, 0.3) is 5.91 Å². The molecule has 1 aromatic carbocycles. The Hall–Kier alpha value is -2.05. The maximum atomic E-state index is 12.7. The average molecular weight is 315 g/mol. The molecule has 0 bridgehead atoms. The van der Waals surface area contributed by atoms with Crippen molar-refractivity contribution in [2.45, 2.75) is 32.0 Å². The van der Waals surface area contributed by atoms with Gasteiger partial charge in [-0.1, -0.05) is 6.07 Å². The van der Waals surface area contributed by atoms with Crippen LogP contribution in [-0.4, -0.2) is 35.5 Å². The van der Waals surface area contributed by atoms with Crippen molar-refractivity contribution in [3.63, 3.8) is 0 Å². The fourth-order valence-corrected chi connectivity index (χ4v) is 2.37. The van der Waals surface area contributed by atoms with Gasteiger partial charge in [0, 0.05) is 12.1 Å². The van der Waals surface area contributed by atoms with E-state index in [-0.39, 0.29) is 12.2 Å². The number of amides is 1. The van der Waals surface area contributed by atoms with Gasteiger partial charge < -0.3 is 9.64 Å². The number of rotatable bonds is 3. The Labute approximate surface area is 125 Å². The molecule has 0 aliphatic carbocycles. The maximum Gasteiger partial charge on any atom is 0.416 e. The Morgan fingerprint density at radius 1 is 1.36 bits per heavy atom. The summed E-state index contributed by atoms with van der Waals surface area (Å²) in [5.41, 5.74) is -2.09. The van der Waals surface area contributed by atoms with E-state index in [1.807, 2.05) is 0 Å². The maximum absolute atomic E-state index is 12.7. The van der Waals surface area contributed by atoms with Gasteiger partial charge in [-0.05, 0) is 38.5 Å². The summed E-state index contributed by atoms with van der Waals surface area (Å²) in [5.74, 6) is -1.14. The molecule has 1 fully saturated rings. The van der Waals surface area contributed by atoms with Crippen LogP contribution in [0, 0.1) is 0 Å². The van der Waals surface area contributed by atoms with Gasteiger partial charge in [0.15, 0.2) is 0 Å². The number of hydrogen-bond acceptors (Lipinski definition) is 3. The normalized spacial score (nSPS) is 21.2. The molecule has 0 radical (unpaired) electrons. The second-order valence-corrected chi connectivity index (χ2v) is 5.28. The van der Waals surface area contributed by atoms with Crippen LogP contribution < -0.4 is 0 Å². The average Bonchev–Trinajstić information content (AvgIpc) is 2.44. The number of hydrogen-bond donors (Lipinski definition) is 0. The number of nitrogens with zero attached hydrogens (tertiary/aromatic N) is 1. The summed E-state index contributed by atoms with van der Waals surface area (Å²) in [7, 11) is 0. The van der Waals surface area contributed by atoms with Crippen molar-refractivity contribution in [1.29, 1.82) is 0 Å². The summed E-state index contributed by atoms with van der Waals surface area (Å²) >= 11 is 0. The summed E-state index contributed by atoms with van der Waals surface area (Å²) in [6.45, 7) is 3.70. The fourth-order valence-electron chi connectivity index (χ4n) is 2.37. The molecule has 1 aromatic rings. The Balaban J connectivity index is 2.24. The van der Waals surface area contributed by atoms with Crippen LogP contribution in [-0.2, 0) is 15.7 Å². The van der Waals surface area contributed by atoms with Crippen LogP contribution in [0.25, 0.3) is 0 Å². The molecular formula is C15H16F3NO3. The number of carbonyl (C=O) groups excluding carboxylic acids is 2. The van der Waals surface area contributed by atoms with E-state index >= 15 is 0 Å². The zero-order valence-corrected chi connectivity index (χ0v) is 12.2. The first-order valence-corrected chi connectivity index (χ1v) is 6.86. The van der Waals surface area contributed by atoms with Crippen molar-refractivity contribution in [1.82, 2.24) is 4.90 Å². The minimum atomic E-state index is -4.52. The molecule has 120 valence electrons. The van der Waals surface area contributed by atoms with Crippen molar-refractivity contribution >= 4 is 11.9 Å². The topological polar surface area (TPSA) is 46.6 Å². The van der Waals surface area contributed by atoms with Crippen LogP contribution in [0.15, 0.2) is 24.3 Å². The van der Waals surface area contributed by atoms with Crippen molar-refractivity contribution in [3.8, 4) is 0 Å². The lowest BCUT2D eigenvalue weighted by Gasteiger charge is -2.48. The van der Waals surface area contributed by atoms with Crippen molar-refractivity contribution in [2.75, 3.05) is 13.2 Å². The molecule has 1 heterocycles. The van der Waals surface area contributed by atoms with Gasteiger partial charge in [-0.15, -0.1) is 0 Å². The lowest BCUT2D eigenvalue weighted by Crippen LogP contribution is -2.65. The zero-order valence-electron chi connectivity index (χ0n) is 12.2. The molecule has 1 aliphatic heterocycles. The molecule has 2 rings (SSSR count). The highest BCUT2D eigenvalue weighted by Crippen LogP contribution is 2.34. The van der Waals surface area contributed by atoms with E-state index in [1.165, 1.54) is 17.0 Å². The van der Waals surface area contributed by atoms with Gasteiger partial charge in [0.1, 0.15) is 5.54 Å². The van der Waals surface area contributed by atoms with Crippen LogP contribution in [0.2, 0.25) is 0 Å². The van der Waals surface area contributed by atoms with Crippen molar-refractivity contribution in [3.05, 3.63) is 35.4 Å². The lowest BCUT2D eigenvalue weighted by molar-refractivity contribution is -0.162. The monoisotopic (exact) mass is 315 g/mol. The van der Waals surface area contributed by atoms with E-state index in [1.54, 1.807) is 13.8 Å². The molecule has 1 atom stereocenters. The van der Waals surface area contributed by atoms with E-state index in [4.69, 9.17) is 4.74 Å². The van der Waals surface area contributed by atoms with Crippen LogP contribution in [0.5, 0.6) is 0 Å². The molecule has 0 spiro atoms. The van der Waals surface area contributed by atoms with Crippen molar-refractivity contribution < 1.29 is 27.5 Å². The van der Waals surface area contributed by atoms with E-state index in [0.717, 1.165) is 12.1 Å². The SMILES string of the molecule is CCOC(=O)C1(C)CCN1C(=O)c1cccc(C(F)(F)F)c1. The summed E-state index contributed by atoms with van der Waals surface area (Å²) in [5, 5.41) is 0. The number of likely N-dealkylation sites (tertiary alicyclic amines) is 1. The third-order valence-corrected chi connectivity index (χ3v) is 3.82. The molecule has 1 saturated heterocycles. The van der Waals surface area contributed by atoms with Crippen LogP contribution in [0.3, 0.4) is 0 Å². The summed E-state index contributed by atoms with van der Waals surface area (Å²) in [6, 6.07) is 4.18. The number of alkyl halides is 3. The molecule has 1 unspecified atom stereocenters. The van der Waals surface area contributed by atoms with E-state index in [0.29, 0.717) is 13.0 Å². The van der Waals surface area contributed by atoms with Gasteiger partial charge in [-0.25, -0.2) is 4.79 Å². The first-order chi connectivity index (χ1) is 10.2. The number of benzene rings is 1. The molecule has 1 aliphatic rings. The smallest absolute Gasteiger partial charge is 0.416 e. The Morgan fingerprint density at radius 3 is 2.55 bits per heavy atom. The Kier molecular flexibility index (Phi) is 4.17. The van der Waals surface area contributed by atoms with Crippen molar-refractivity contribution in [2.24, 2.45) is 0 Å². The zero-order chi connectivity index (χ0) is 16.5. The van der Waals surface area contributed by atoms with E-state index in [2.05, 4.69) is 0 Å². The van der Waals surface area contributed by atoms with E-state index < -0.39 is 29.2 Å². The molecule has 7 heteroatoms. The van der Waals surface area contributed by atoms with Gasteiger partial charge >= 0.3 is 12.1 Å². The minimum Gasteiger partial charge on any atom is -0.464 e. The number of esters is 1. The molecule has 4 nitrogen and oxygen atoms in total. The highest BCUT2D eigenvalue weighted by atomic mass is 19.4. The van der Waals surface area contributed by atoms with Gasteiger partial charge in [-0.3, -0.25) is 4.79 Å². The first-order valence-electron chi connectivity index (χ1n) is 6.86. The fraction of sp³-hybridized carbons (Fsp3) is 0.467. The second-order valence-electron chi connectivity index (χ2n) is 5.28.